The molecular formula is C13H21NO2S. The molecule has 0 unspecified atom stereocenters. The maximum absolute atomic E-state index is 5.74. The first-order valence-electron chi connectivity index (χ1n) is 5.89. The van der Waals surface area contributed by atoms with Gasteiger partial charge in [-0.25, -0.2) is 0 Å². The van der Waals surface area contributed by atoms with Crippen LogP contribution in [-0.4, -0.2) is 25.2 Å². The number of ether oxygens (including phenoxy) is 2. The minimum absolute atomic E-state index is 0.489. The molecule has 4 heteroatoms. The number of methoxy groups -OCH3 is 1. The number of benzene rings is 1. The Balaban J connectivity index is 2.49. The Bertz CT molecular complexity index is 331. The quantitative estimate of drug-likeness (QED) is 0.725. The van der Waals surface area contributed by atoms with Crippen molar-refractivity contribution in [3.8, 4) is 11.5 Å². The average Bonchev–Trinajstić information content (AvgIpc) is 2.38. The third-order valence-electron chi connectivity index (χ3n) is 2.39. The molecule has 96 valence electrons. The first-order valence-corrected chi connectivity index (χ1v) is 7.04. The van der Waals surface area contributed by atoms with Crippen molar-refractivity contribution in [2.24, 2.45) is 5.73 Å². The van der Waals surface area contributed by atoms with Crippen molar-refractivity contribution in [3.05, 3.63) is 23.8 Å². The highest BCUT2D eigenvalue weighted by Gasteiger charge is 2.04. The second-order valence-corrected chi connectivity index (χ2v) is 4.97. The van der Waals surface area contributed by atoms with Crippen LogP contribution < -0.4 is 15.2 Å². The predicted molar refractivity (Wildman–Crippen MR) is 74.0 cm³/mol. The Morgan fingerprint density at radius 1 is 1.35 bits per heavy atom. The molecule has 0 aromatic heterocycles. The Labute approximate surface area is 108 Å². The fourth-order valence-electron chi connectivity index (χ4n) is 1.45. The fourth-order valence-corrected chi connectivity index (χ4v) is 2.06. The first-order chi connectivity index (χ1) is 8.31. The van der Waals surface area contributed by atoms with Crippen molar-refractivity contribution in [2.45, 2.75) is 19.9 Å². The normalized spacial score (nSPS) is 10.3. The van der Waals surface area contributed by atoms with Crippen LogP contribution in [0.5, 0.6) is 11.5 Å². The molecule has 0 heterocycles. The van der Waals surface area contributed by atoms with Crippen molar-refractivity contribution in [1.82, 2.24) is 0 Å². The highest BCUT2D eigenvalue weighted by Crippen LogP contribution is 2.24. The second kappa shape index (κ2) is 8.25. The van der Waals surface area contributed by atoms with Crippen molar-refractivity contribution in [2.75, 3.05) is 25.2 Å². The lowest BCUT2D eigenvalue weighted by atomic mass is 10.2. The molecule has 0 aliphatic heterocycles. The molecule has 0 aliphatic carbocycles. The van der Waals surface area contributed by atoms with E-state index in [1.807, 2.05) is 30.0 Å². The van der Waals surface area contributed by atoms with Gasteiger partial charge >= 0.3 is 0 Å². The summed E-state index contributed by atoms with van der Waals surface area (Å²) in [5.41, 5.74) is 6.69. The van der Waals surface area contributed by atoms with Gasteiger partial charge in [0.1, 0.15) is 11.5 Å². The molecule has 1 aromatic rings. The molecule has 0 spiro atoms. The number of thioether (sulfide) groups is 1. The standard InChI is InChI=1S/C13H21NO2S/c1-3-17-8-4-7-16-13-9-12(15-2)6-5-11(13)10-14/h5-6,9H,3-4,7-8,10,14H2,1-2H3. The summed E-state index contributed by atoms with van der Waals surface area (Å²) in [7, 11) is 1.65. The van der Waals surface area contributed by atoms with Crippen LogP contribution in [0, 0.1) is 0 Å². The van der Waals surface area contributed by atoms with E-state index in [-0.39, 0.29) is 0 Å². The van der Waals surface area contributed by atoms with Gasteiger partial charge in [0, 0.05) is 18.2 Å². The SMILES string of the molecule is CCSCCCOc1cc(OC)ccc1CN. The minimum atomic E-state index is 0.489. The van der Waals surface area contributed by atoms with E-state index in [4.69, 9.17) is 15.2 Å². The number of hydrogen-bond donors (Lipinski definition) is 1. The summed E-state index contributed by atoms with van der Waals surface area (Å²) in [4.78, 5) is 0. The molecule has 0 saturated carbocycles. The zero-order chi connectivity index (χ0) is 12.5. The molecule has 0 bridgehead atoms. The van der Waals surface area contributed by atoms with Gasteiger partial charge in [0.25, 0.3) is 0 Å². The Morgan fingerprint density at radius 3 is 2.82 bits per heavy atom. The van der Waals surface area contributed by atoms with Gasteiger partial charge < -0.3 is 15.2 Å². The molecule has 2 N–H and O–H groups in total. The minimum Gasteiger partial charge on any atom is -0.497 e. The van der Waals surface area contributed by atoms with E-state index in [1.54, 1.807) is 7.11 Å². The average molecular weight is 255 g/mol. The third-order valence-corrected chi connectivity index (χ3v) is 3.37. The monoisotopic (exact) mass is 255 g/mol. The maximum atomic E-state index is 5.74. The van der Waals surface area contributed by atoms with Crippen LogP contribution >= 0.6 is 11.8 Å². The highest BCUT2D eigenvalue weighted by atomic mass is 32.2. The van der Waals surface area contributed by atoms with Crippen LogP contribution in [0.1, 0.15) is 18.9 Å². The van der Waals surface area contributed by atoms with Crippen LogP contribution in [0.4, 0.5) is 0 Å². The number of hydrogen-bond acceptors (Lipinski definition) is 4. The van der Waals surface area contributed by atoms with Gasteiger partial charge in [0.05, 0.1) is 13.7 Å². The Kier molecular flexibility index (Phi) is 6.89. The summed E-state index contributed by atoms with van der Waals surface area (Å²) in [6.07, 6.45) is 1.06. The lowest BCUT2D eigenvalue weighted by Gasteiger charge is -2.11. The first kappa shape index (κ1) is 14.2. The number of rotatable bonds is 8. The van der Waals surface area contributed by atoms with Crippen LogP contribution in [0.3, 0.4) is 0 Å². The topological polar surface area (TPSA) is 44.5 Å². The van der Waals surface area contributed by atoms with Gasteiger partial charge in [-0.3, -0.25) is 0 Å². The van der Waals surface area contributed by atoms with Crippen molar-refractivity contribution in [3.63, 3.8) is 0 Å². The molecule has 0 atom stereocenters. The predicted octanol–water partition coefficient (Wildman–Crippen LogP) is 2.68. The molecule has 0 aliphatic rings. The van der Waals surface area contributed by atoms with Gasteiger partial charge in [0.15, 0.2) is 0 Å². The lowest BCUT2D eigenvalue weighted by molar-refractivity contribution is 0.312. The van der Waals surface area contributed by atoms with Crippen molar-refractivity contribution in [1.29, 1.82) is 0 Å². The van der Waals surface area contributed by atoms with E-state index in [1.165, 1.54) is 0 Å². The molecule has 17 heavy (non-hydrogen) atoms. The number of nitrogens with two attached hydrogens (primary N) is 1. The van der Waals surface area contributed by atoms with Gasteiger partial charge in [-0.05, 0) is 24.0 Å². The summed E-state index contributed by atoms with van der Waals surface area (Å²) in [6.45, 7) is 3.39. The largest absolute Gasteiger partial charge is 0.497 e. The Hall–Kier alpha value is -0.870. The summed E-state index contributed by atoms with van der Waals surface area (Å²) in [5.74, 6) is 3.94. The molecule has 1 aromatic carbocycles. The zero-order valence-corrected chi connectivity index (χ0v) is 11.4. The molecule has 1 rings (SSSR count). The maximum Gasteiger partial charge on any atom is 0.127 e. The molecular weight excluding hydrogens is 234 g/mol. The Morgan fingerprint density at radius 2 is 2.18 bits per heavy atom. The summed E-state index contributed by atoms with van der Waals surface area (Å²) < 4.78 is 10.9. The van der Waals surface area contributed by atoms with E-state index in [0.29, 0.717) is 6.54 Å². The zero-order valence-electron chi connectivity index (χ0n) is 10.6. The van der Waals surface area contributed by atoms with Gasteiger partial charge in [-0.1, -0.05) is 13.0 Å². The molecule has 0 amide bonds. The highest BCUT2D eigenvalue weighted by molar-refractivity contribution is 7.99. The lowest BCUT2D eigenvalue weighted by Crippen LogP contribution is -2.05. The summed E-state index contributed by atoms with van der Waals surface area (Å²) >= 11 is 1.93. The van der Waals surface area contributed by atoms with E-state index >= 15 is 0 Å². The van der Waals surface area contributed by atoms with E-state index in [9.17, 15) is 0 Å². The smallest absolute Gasteiger partial charge is 0.127 e. The van der Waals surface area contributed by atoms with Gasteiger partial charge in [-0.15, -0.1) is 0 Å². The van der Waals surface area contributed by atoms with Crippen molar-refractivity contribution < 1.29 is 9.47 Å². The van der Waals surface area contributed by atoms with Gasteiger partial charge in [-0.2, -0.15) is 11.8 Å². The van der Waals surface area contributed by atoms with Gasteiger partial charge in [0.2, 0.25) is 0 Å². The van der Waals surface area contributed by atoms with Crippen LogP contribution in [-0.2, 0) is 6.54 Å². The summed E-state index contributed by atoms with van der Waals surface area (Å²) in [5, 5.41) is 0. The molecule has 3 nitrogen and oxygen atoms in total. The third kappa shape index (κ3) is 4.88. The van der Waals surface area contributed by atoms with E-state index in [0.717, 1.165) is 41.6 Å². The van der Waals surface area contributed by atoms with E-state index < -0.39 is 0 Å². The van der Waals surface area contributed by atoms with Crippen molar-refractivity contribution >= 4 is 11.8 Å². The molecule has 0 fully saturated rings. The van der Waals surface area contributed by atoms with Crippen LogP contribution in [0.2, 0.25) is 0 Å². The van der Waals surface area contributed by atoms with Crippen LogP contribution in [0.25, 0.3) is 0 Å². The second-order valence-electron chi connectivity index (χ2n) is 3.58. The molecule has 0 saturated heterocycles. The van der Waals surface area contributed by atoms with E-state index in [2.05, 4.69) is 6.92 Å². The summed E-state index contributed by atoms with van der Waals surface area (Å²) in [6, 6.07) is 5.76. The fraction of sp³-hybridized carbons (Fsp3) is 0.538. The van der Waals surface area contributed by atoms with Crippen LogP contribution in [0.15, 0.2) is 18.2 Å². The molecule has 0 radical (unpaired) electrons.